The number of carbonyl (C=O) groups excluding carboxylic acids is 1. The average molecular weight is 229 g/mol. The molecule has 80 valence electrons. The number of hydrogen-bond donors (Lipinski definition) is 0. The van der Waals surface area contributed by atoms with Crippen molar-refractivity contribution in [2.24, 2.45) is 0 Å². The maximum atomic E-state index is 9.95. The number of rotatable bonds is 1. The van der Waals surface area contributed by atoms with E-state index in [4.69, 9.17) is 0 Å². The van der Waals surface area contributed by atoms with Crippen molar-refractivity contribution in [1.82, 2.24) is 0 Å². The molecular weight excluding hydrogens is 220 g/mol. The first-order valence-corrected chi connectivity index (χ1v) is 3.90. The molecule has 0 radical (unpaired) electrons. The summed E-state index contributed by atoms with van der Waals surface area (Å²) in [4.78, 5) is 9.95. The Kier molecular flexibility index (Phi) is 6.46. The first-order chi connectivity index (χ1) is 6.30. The molecule has 0 aliphatic carbocycles. The van der Waals surface area contributed by atoms with Crippen LogP contribution in [0.25, 0.3) is 0 Å². The van der Waals surface area contributed by atoms with Crippen LogP contribution in [0.3, 0.4) is 0 Å². The molecule has 0 bridgehead atoms. The summed E-state index contributed by atoms with van der Waals surface area (Å²) in [7, 11) is 0. The molecule has 2 aromatic rings. The van der Waals surface area contributed by atoms with Crippen LogP contribution in [-0.4, -0.2) is 5.97 Å². The van der Waals surface area contributed by atoms with Gasteiger partial charge in [-0.25, -0.2) is 12.1 Å². The van der Waals surface area contributed by atoms with Crippen molar-refractivity contribution in [3.05, 3.63) is 60.2 Å². The minimum Gasteiger partial charge on any atom is -0.748 e. The van der Waals surface area contributed by atoms with Crippen molar-refractivity contribution in [3.63, 3.8) is 0 Å². The zero-order valence-electron chi connectivity index (χ0n) is 7.37. The molecule has 0 heterocycles. The quantitative estimate of drug-likeness (QED) is 0.544. The van der Waals surface area contributed by atoms with E-state index in [-0.39, 0.29) is 22.6 Å². The molecule has 0 unspecified atom stereocenters. The standard InChI is InChI=1S/C6H5O2.C5H5.Fe/c7-6(8)5-3-1-2-4-5;1-2-4-5-3-1;/h1-4H,(H,7,8);1-5H;/q-1;-5;/p-1. The average Bonchev–Trinajstić information content (AvgIpc) is 2.82. The Balaban J connectivity index is 0.000000246. The normalized spacial score (nSPS) is 8.00. The van der Waals surface area contributed by atoms with Gasteiger partial charge in [0, 0.05) is 23.0 Å². The molecule has 0 fully saturated rings. The molecule has 2 nitrogen and oxygen atoms in total. The molecule has 0 aliphatic rings. The van der Waals surface area contributed by atoms with Crippen molar-refractivity contribution in [1.29, 1.82) is 0 Å². The number of carboxylic acids is 1. The monoisotopic (exact) mass is 229 g/mol. The first-order valence-electron chi connectivity index (χ1n) is 3.90. The summed E-state index contributed by atoms with van der Waals surface area (Å²) < 4.78 is 0. The fourth-order valence-electron chi connectivity index (χ4n) is 0.831. The Morgan fingerprint density at radius 3 is 1.57 bits per heavy atom. The second kappa shape index (κ2) is 7.13. The summed E-state index contributed by atoms with van der Waals surface area (Å²) in [6, 6.07) is 16.3. The summed E-state index contributed by atoms with van der Waals surface area (Å²) in [6.07, 6.45) is 0. The number of hydrogen-bond acceptors (Lipinski definition) is 2. The van der Waals surface area contributed by atoms with E-state index in [1.54, 1.807) is 12.1 Å². The molecular formula is C11H9FeO2-7. The largest absolute Gasteiger partial charge is 0.748 e. The van der Waals surface area contributed by atoms with Crippen LogP contribution >= 0.6 is 0 Å². The van der Waals surface area contributed by atoms with Gasteiger partial charge < -0.3 is 40.2 Å². The van der Waals surface area contributed by atoms with E-state index in [2.05, 4.69) is 0 Å². The maximum Gasteiger partial charge on any atom is 0.0154 e. The van der Waals surface area contributed by atoms with Crippen molar-refractivity contribution < 1.29 is 27.0 Å². The van der Waals surface area contributed by atoms with E-state index >= 15 is 0 Å². The molecule has 0 spiro atoms. The van der Waals surface area contributed by atoms with Gasteiger partial charge in [0.15, 0.2) is 0 Å². The molecule has 0 saturated carbocycles. The summed E-state index contributed by atoms with van der Waals surface area (Å²) >= 11 is 0. The fraction of sp³-hybridized carbons (Fsp3) is 0. The second-order valence-electron chi connectivity index (χ2n) is 2.42. The molecule has 0 saturated heterocycles. The molecule has 2 rings (SSSR count). The predicted molar refractivity (Wildman–Crippen MR) is 48.4 cm³/mol. The zero-order valence-corrected chi connectivity index (χ0v) is 8.47. The molecule has 3 heteroatoms. The van der Waals surface area contributed by atoms with Crippen LogP contribution in [-0.2, 0) is 17.1 Å². The zero-order chi connectivity index (χ0) is 9.52. The van der Waals surface area contributed by atoms with E-state index in [1.165, 1.54) is 12.1 Å². The Bertz CT molecular complexity index is 305. The number of carboxylic acid groups (broad SMARTS) is 1. The molecule has 0 aliphatic heterocycles. The molecule has 0 atom stereocenters. The minimum atomic E-state index is -1.12. The van der Waals surface area contributed by atoms with Crippen molar-refractivity contribution in [2.75, 3.05) is 0 Å². The van der Waals surface area contributed by atoms with Crippen LogP contribution in [0.5, 0.6) is 0 Å². The van der Waals surface area contributed by atoms with Crippen LogP contribution in [0, 0.1) is 0 Å². The third kappa shape index (κ3) is 4.65. The fourth-order valence-corrected chi connectivity index (χ4v) is 0.831. The van der Waals surface area contributed by atoms with Crippen LogP contribution in [0.4, 0.5) is 0 Å². The molecule has 2 aromatic carbocycles. The predicted octanol–water partition coefficient (Wildman–Crippen LogP) is 1.17. The van der Waals surface area contributed by atoms with Crippen LogP contribution in [0.1, 0.15) is 10.4 Å². The summed E-state index contributed by atoms with van der Waals surface area (Å²) in [5, 5.41) is 9.95. The SMILES string of the molecule is O=C([O-])[c-]1cccc1.[Fe].[cH-]1[cH-][cH-][cH-][cH-]1. The van der Waals surface area contributed by atoms with Crippen LogP contribution in [0.15, 0.2) is 54.6 Å². The second-order valence-corrected chi connectivity index (χ2v) is 2.42. The van der Waals surface area contributed by atoms with Crippen molar-refractivity contribution in [3.8, 4) is 0 Å². The van der Waals surface area contributed by atoms with Gasteiger partial charge in [0.05, 0.1) is 0 Å². The van der Waals surface area contributed by atoms with E-state index in [9.17, 15) is 9.90 Å². The Hall–Kier alpha value is -1.31. The molecule has 0 amide bonds. The molecule has 14 heavy (non-hydrogen) atoms. The third-order valence-corrected chi connectivity index (χ3v) is 1.45. The molecule has 0 N–H and O–H groups in total. The van der Waals surface area contributed by atoms with Gasteiger partial charge >= 0.3 is 0 Å². The number of carbonyl (C=O) groups is 1. The summed E-state index contributed by atoms with van der Waals surface area (Å²) in [6.45, 7) is 0. The Morgan fingerprint density at radius 2 is 1.36 bits per heavy atom. The van der Waals surface area contributed by atoms with Gasteiger partial charge in [0.2, 0.25) is 0 Å². The third-order valence-electron chi connectivity index (χ3n) is 1.45. The topological polar surface area (TPSA) is 40.1 Å². The van der Waals surface area contributed by atoms with Gasteiger partial charge in [0.25, 0.3) is 0 Å². The maximum absolute atomic E-state index is 9.95. The van der Waals surface area contributed by atoms with Gasteiger partial charge in [-0.3, -0.25) is 0 Å². The minimum absolute atomic E-state index is 0. The van der Waals surface area contributed by atoms with Gasteiger partial charge in [-0.05, 0) is 0 Å². The van der Waals surface area contributed by atoms with Gasteiger partial charge in [-0.15, -0.1) is 5.56 Å². The smallest absolute Gasteiger partial charge is 0.0154 e. The van der Waals surface area contributed by atoms with E-state index in [0.717, 1.165) is 0 Å². The van der Waals surface area contributed by atoms with Gasteiger partial charge in [-0.1, -0.05) is 0 Å². The Labute approximate surface area is 93.4 Å². The van der Waals surface area contributed by atoms with Gasteiger partial charge in [0.1, 0.15) is 0 Å². The van der Waals surface area contributed by atoms with E-state index < -0.39 is 5.97 Å². The number of aromatic carboxylic acids is 1. The summed E-state index contributed by atoms with van der Waals surface area (Å²) in [5.41, 5.74) is 0.241. The summed E-state index contributed by atoms with van der Waals surface area (Å²) in [5.74, 6) is -1.12. The Morgan fingerprint density at radius 1 is 1.00 bits per heavy atom. The van der Waals surface area contributed by atoms with Crippen molar-refractivity contribution in [2.45, 2.75) is 0 Å². The van der Waals surface area contributed by atoms with Crippen molar-refractivity contribution >= 4 is 5.97 Å². The first kappa shape index (κ1) is 12.7. The van der Waals surface area contributed by atoms with E-state index in [1.807, 2.05) is 30.3 Å². The van der Waals surface area contributed by atoms with Crippen LogP contribution in [0.2, 0.25) is 0 Å². The van der Waals surface area contributed by atoms with Crippen LogP contribution < -0.4 is 5.11 Å². The van der Waals surface area contributed by atoms with Gasteiger partial charge in [-0.2, -0.15) is 12.1 Å². The molecule has 0 aromatic heterocycles. The van der Waals surface area contributed by atoms with E-state index in [0.29, 0.717) is 0 Å².